The molecule has 0 saturated heterocycles. The van der Waals surface area contributed by atoms with Crippen LogP contribution in [0.2, 0.25) is 0 Å². The highest BCUT2D eigenvalue weighted by molar-refractivity contribution is 7.79. The third-order valence-corrected chi connectivity index (χ3v) is 1.11. The van der Waals surface area contributed by atoms with Gasteiger partial charge in [-0.15, -0.1) is 0 Å². The molecule has 0 saturated carbocycles. The third kappa shape index (κ3) is 10.6. The van der Waals surface area contributed by atoms with Gasteiger partial charge < -0.3 is 10.5 Å². The maximum atomic E-state index is 8.74. The van der Waals surface area contributed by atoms with Crippen molar-refractivity contribution >= 4 is 16.1 Å². The minimum atomic E-state index is -4.67. The number of hydrogen-bond acceptors (Lipinski definition) is 5. The SMILES string of the molecule is NCOc1cccc(N)c1.O=S(=O)(O)O. The third-order valence-electron chi connectivity index (χ3n) is 1.11. The predicted octanol–water partition coefficient (Wildman–Crippen LogP) is -0.0890. The van der Waals surface area contributed by atoms with Crippen LogP contribution in [-0.4, -0.2) is 24.3 Å². The zero-order valence-corrected chi connectivity index (χ0v) is 8.52. The summed E-state index contributed by atoms with van der Waals surface area (Å²) in [5.74, 6) is 0.711. The number of anilines is 1. The van der Waals surface area contributed by atoms with Gasteiger partial charge in [0.25, 0.3) is 0 Å². The molecule has 86 valence electrons. The molecule has 0 aliphatic heterocycles. The molecule has 0 bridgehead atoms. The molecule has 0 radical (unpaired) electrons. The first-order valence-electron chi connectivity index (χ1n) is 3.71. The fourth-order valence-corrected chi connectivity index (χ4v) is 0.701. The van der Waals surface area contributed by atoms with Gasteiger partial charge in [-0.3, -0.25) is 14.8 Å². The maximum Gasteiger partial charge on any atom is 0.394 e. The summed E-state index contributed by atoms with van der Waals surface area (Å²) < 4.78 is 36.6. The highest BCUT2D eigenvalue weighted by Crippen LogP contribution is 2.13. The van der Waals surface area contributed by atoms with E-state index in [-0.39, 0.29) is 6.73 Å². The second-order valence-electron chi connectivity index (χ2n) is 2.33. The van der Waals surface area contributed by atoms with E-state index in [4.69, 9.17) is 33.7 Å². The molecule has 7 nitrogen and oxygen atoms in total. The monoisotopic (exact) mass is 236 g/mol. The Morgan fingerprint density at radius 3 is 2.27 bits per heavy atom. The second-order valence-corrected chi connectivity index (χ2v) is 3.23. The molecule has 6 N–H and O–H groups in total. The fourth-order valence-electron chi connectivity index (χ4n) is 0.701. The zero-order valence-electron chi connectivity index (χ0n) is 7.70. The quantitative estimate of drug-likeness (QED) is 0.320. The number of nitrogen functional groups attached to an aromatic ring is 1. The van der Waals surface area contributed by atoms with Gasteiger partial charge in [-0.05, 0) is 12.1 Å². The summed E-state index contributed by atoms with van der Waals surface area (Å²) in [6, 6.07) is 7.15. The minimum Gasteiger partial charge on any atom is -0.479 e. The van der Waals surface area contributed by atoms with Gasteiger partial charge >= 0.3 is 10.4 Å². The topological polar surface area (TPSA) is 136 Å². The molecule has 0 amide bonds. The van der Waals surface area contributed by atoms with Crippen molar-refractivity contribution in [3.8, 4) is 5.75 Å². The van der Waals surface area contributed by atoms with Crippen molar-refractivity contribution in [2.75, 3.05) is 12.5 Å². The summed E-state index contributed by atoms with van der Waals surface area (Å²) in [6.07, 6.45) is 0. The normalized spacial score (nSPS) is 10.1. The minimum absolute atomic E-state index is 0.184. The van der Waals surface area contributed by atoms with Crippen LogP contribution < -0.4 is 16.2 Å². The summed E-state index contributed by atoms with van der Waals surface area (Å²) in [7, 11) is -4.67. The van der Waals surface area contributed by atoms with Crippen LogP contribution in [-0.2, 0) is 10.4 Å². The maximum absolute atomic E-state index is 8.74. The predicted molar refractivity (Wildman–Crippen MR) is 54.7 cm³/mol. The van der Waals surface area contributed by atoms with Gasteiger partial charge in [0.1, 0.15) is 12.5 Å². The fraction of sp³-hybridized carbons (Fsp3) is 0.143. The van der Waals surface area contributed by atoms with Gasteiger partial charge in [0.05, 0.1) is 0 Å². The van der Waals surface area contributed by atoms with E-state index in [9.17, 15) is 0 Å². The van der Waals surface area contributed by atoms with Crippen LogP contribution in [0, 0.1) is 0 Å². The highest BCUT2D eigenvalue weighted by Gasteiger charge is 1.89. The molecular formula is C7H12N2O5S. The summed E-state index contributed by atoms with van der Waals surface area (Å²) in [5, 5.41) is 0. The van der Waals surface area contributed by atoms with Crippen LogP contribution in [0.3, 0.4) is 0 Å². The van der Waals surface area contributed by atoms with Crippen molar-refractivity contribution in [1.82, 2.24) is 0 Å². The van der Waals surface area contributed by atoms with Crippen molar-refractivity contribution in [2.45, 2.75) is 0 Å². The summed E-state index contributed by atoms with van der Waals surface area (Å²) in [4.78, 5) is 0. The first-order valence-corrected chi connectivity index (χ1v) is 5.11. The lowest BCUT2D eigenvalue weighted by Crippen LogP contribution is -2.07. The van der Waals surface area contributed by atoms with E-state index in [1.807, 2.05) is 12.1 Å². The molecule has 0 unspecified atom stereocenters. The molecule has 1 rings (SSSR count). The van der Waals surface area contributed by atoms with Crippen molar-refractivity contribution in [3.05, 3.63) is 24.3 Å². The van der Waals surface area contributed by atoms with Crippen LogP contribution in [0.25, 0.3) is 0 Å². The molecule has 0 spiro atoms. The van der Waals surface area contributed by atoms with E-state index in [1.165, 1.54) is 0 Å². The van der Waals surface area contributed by atoms with Crippen molar-refractivity contribution in [2.24, 2.45) is 5.73 Å². The van der Waals surface area contributed by atoms with Crippen molar-refractivity contribution in [1.29, 1.82) is 0 Å². The smallest absolute Gasteiger partial charge is 0.394 e. The Morgan fingerprint density at radius 2 is 1.87 bits per heavy atom. The number of benzene rings is 1. The first-order chi connectivity index (χ1) is 6.83. The summed E-state index contributed by atoms with van der Waals surface area (Å²) >= 11 is 0. The van der Waals surface area contributed by atoms with Crippen LogP contribution in [0.5, 0.6) is 5.75 Å². The molecule has 0 atom stereocenters. The molecule has 0 heterocycles. The average Bonchev–Trinajstić information content (AvgIpc) is 2.01. The molecular weight excluding hydrogens is 224 g/mol. The number of hydrogen-bond donors (Lipinski definition) is 4. The molecule has 0 aromatic heterocycles. The summed E-state index contributed by atoms with van der Waals surface area (Å²) in [6.45, 7) is 0.184. The van der Waals surface area contributed by atoms with E-state index < -0.39 is 10.4 Å². The standard InChI is InChI=1S/C7H10N2O.H2O4S/c8-5-10-7-3-1-2-6(9)4-7;1-5(2,3)4/h1-4H,5,8-9H2;(H2,1,2,3,4). The Bertz CT molecular complexity index is 384. The lowest BCUT2D eigenvalue weighted by molar-refractivity contribution is 0.330. The van der Waals surface area contributed by atoms with E-state index in [0.29, 0.717) is 11.4 Å². The summed E-state index contributed by atoms with van der Waals surface area (Å²) in [5.41, 5.74) is 11.3. The molecule has 15 heavy (non-hydrogen) atoms. The van der Waals surface area contributed by atoms with E-state index in [2.05, 4.69) is 0 Å². The lowest BCUT2D eigenvalue weighted by atomic mass is 10.3. The number of ether oxygens (including phenoxy) is 1. The number of nitrogens with two attached hydrogens (primary N) is 2. The molecule has 0 aliphatic rings. The molecule has 0 aliphatic carbocycles. The van der Waals surface area contributed by atoms with Gasteiger partial charge in [-0.2, -0.15) is 8.42 Å². The van der Waals surface area contributed by atoms with Gasteiger partial charge in [0.15, 0.2) is 0 Å². The van der Waals surface area contributed by atoms with Gasteiger partial charge in [-0.1, -0.05) is 6.07 Å². The first kappa shape index (κ1) is 13.7. The molecule has 8 heteroatoms. The Morgan fingerprint density at radius 1 is 1.33 bits per heavy atom. The van der Waals surface area contributed by atoms with E-state index in [1.54, 1.807) is 12.1 Å². The van der Waals surface area contributed by atoms with Crippen LogP contribution in [0.1, 0.15) is 0 Å². The average molecular weight is 236 g/mol. The molecule has 1 aromatic carbocycles. The van der Waals surface area contributed by atoms with Crippen LogP contribution in [0.15, 0.2) is 24.3 Å². The Kier molecular flexibility index (Phi) is 5.64. The van der Waals surface area contributed by atoms with Gasteiger partial charge in [-0.25, -0.2) is 0 Å². The Hall–Kier alpha value is -1.35. The van der Waals surface area contributed by atoms with E-state index >= 15 is 0 Å². The van der Waals surface area contributed by atoms with Crippen molar-refractivity contribution in [3.63, 3.8) is 0 Å². The lowest BCUT2D eigenvalue weighted by Gasteiger charge is -2.01. The highest BCUT2D eigenvalue weighted by atomic mass is 32.3. The largest absolute Gasteiger partial charge is 0.479 e. The molecule has 1 aromatic rings. The molecule has 0 fully saturated rings. The van der Waals surface area contributed by atoms with Gasteiger partial charge in [0.2, 0.25) is 0 Å². The van der Waals surface area contributed by atoms with Gasteiger partial charge in [0, 0.05) is 11.8 Å². The van der Waals surface area contributed by atoms with Crippen LogP contribution in [0.4, 0.5) is 5.69 Å². The Balaban J connectivity index is 0.000000336. The number of rotatable bonds is 2. The second kappa shape index (κ2) is 6.19. The van der Waals surface area contributed by atoms with Crippen LogP contribution >= 0.6 is 0 Å². The zero-order chi connectivity index (χ0) is 11.9. The van der Waals surface area contributed by atoms with Crippen molar-refractivity contribution < 1.29 is 22.3 Å². The Labute approximate surface area is 87.2 Å². The van der Waals surface area contributed by atoms with E-state index in [0.717, 1.165) is 0 Å².